The first-order valence-electron chi connectivity index (χ1n) is 7.98. The second-order valence-corrected chi connectivity index (χ2v) is 7.52. The summed E-state index contributed by atoms with van der Waals surface area (Å²) < 4.78 is 4.00. The highest BCUT2D eigenvalue weighted by molar-refractivity contribution is 8.02. The Bertz CT molecular complexity index is 824. The quantitative estimate of drug-likeness (QED) is 0.824. The summed E-state index contributed by atoms with van der Waals surface area (Å²) in [7, 11) is 1.60. The van der Waals surface area contributed by atoms with Crippen LogP contribution in [0.1, 0.15) is 25.5 Å². The molecule has 0 saturated heterocycles. The van der Waals surface area contributed by atoms with Gasteiger partial charge >= 0.3 is 0 Å². The first-order valence-corrected chi connectivity index (χ1v) is 8.80. The topological polar surface area (TPSA) is 67.4 Å². The molecular weight excluding hydrogens is 336 g/mol. The lowest BCUT2D eigenvalue weighted by Crippen LogP contribution is -2.52. The fraction of sp³-hybridized carbons (Fsp3) is 0.263. The van der Waals surface area contributed by atoms with Gasteiger partial charge in [0.1, 0.15) is 5.75 Å². The molecule has 0 saturated carbocycles. The number of carbonyl (C=O) groups is 2. The number of anilines is 1. The number of methoxy groups -OCH3 is 1. The number of fused-ring (bicyclic) bond motifs is 1. The van der Waals surface area contributed by atoms with E-state index in [2.05, 4.69) is 10.6 Å². The van der Waals surface area contributed by atoms with Gasteiger partial charge in [-0.15, -0.1) is 0 Å². The monoisotopic (exact) mass is 356 g/mol. The molecule has 2 N–H and O–H groups in total. The third-order valence-corrected chi connectivity index (χ3v) is 5.61. The highest BCUT2D eigenvalue weighted by Crippen LogP contribution is 2.42. The lowest BCUT2D eigenvalue weighted by atomic mass is 10.0. The zero-order chi connectivity index (χ0) is 18.0. The highest BCUT2D eigenvalue weighted by Gasteiger charge is 2.46. The summed E-state index contributed by atoms with van der Waals surface area (Å²) >= 11 is 1.27. The molecule has 3 rings (SSSR count). The number of para-hydroxylation sites is 1. The Morgan fingerprint density at radius 2 is 2.00 bits per heavy atom. The van der Waals surface area contributed by atoms with Gasteiger partial charge in [-0.3, -0.25) is 9.59 Å². The molecule has 6 heteroatoms. The molecule has 2 aromatic carbocycles. The summed E-state index contributed by atoms with van der Waals surface area (Å²) in [5.74, 6) is 0.0925. The van der Waals surface area contributed by atoms with Crippen LogP contribution in [0, 0.1) is 0 Å². The van der Waals surface area contributed by atoms with E-state index in [4.69, 9.17) is 4.74 Å². The van der Waals surface area contributed by atoms with Crippen LogP contribution in [-0.2, 0) is 9.59 Å². The number of ether oxygens (including phenoxy) is 1. The number of benzene rings is 2. The number of rotatable bonds is 4. The van der Waals surface area contributed by atoms with E-state index in [1.54, 1.807) is 14.0 Å². The largest absolute Gasteiger partial charge is 0.497 e. The van der Waals surface area contributed by atoms with E-state index >= 15 is 0 Å². The number of nitrogens with one attached hydrogen (secondary N) is 2. The average molecular weight is 356 g/mol. The van der Waals surface area contributed by atoms with Gasteiger partial charge in [0.2, 0.25) is 11.8 Å². The Hall–Kier alpha value is -2.47. The molecule has 0 radical (unpaired) electrons. The SMILES string of the molecule is COc1cccc(C(C)NC(=O)C2(C)Sc3ccccc3NC2=O)c1. The van der Waals surface area contributed by atoms with Crippen molar-refractivity contribution in [3.05, 3.63) is 54.1 Å². The second kappa shape index (κ2) is 6.80. The summed E-state index contributed by atoms with van der Waals surface area (Å²) in [6.07, 6.45) is 0. The molecule has 1 aliphatic heterocycles. The Kier molecular flexibility index (Phi) is 4.72. The average Bonchev–Trinajstić information content (AvgIpc) is 2.62. The van der Waals surface area contributed by atoms with Crippen LogP contribution in [-0.4, -0.2) is 23.7 Å². The summed E-state index contributed by atoms with van der Waals surface area (Å²) in [5.41, 5.74) is 1.65. The fourth-order valence-corrected chi connectivity index (χ4v) is 3.76. The molecule has 1 aliphatic rings. The minimum atomic E-state index is -1.22. The molecule has 0 fully saturated rings. The van der Waals surface area contributed by atoms with Crippen LogP contribution in [0.5, 0.6) is 5.75 Å². The van der Waals surface area contributed by atoms with Crippen molar-refractivity contribution in [1.82, 2.24) is 5.32 Å². The van der Waals surface area contributed by atoms with E-state index in [1.165, 1.54) is 11.8 Å². The van der Waals surface area contributed by atoms with Crippen molar-refractivity contribution in [1.29, 1.82) is 0 Å². The van der Waals surface area contributed by atoms with Gasteiger partial charge in [0.15, 0.2) is 4.75 Å². The third kappa shape index (κ3) is 3.35. The fourth-order valence-electron chi connectivity index (χ4n) is 2.64. The van der Waals surface area contributed by atoms with Crippen molar-refractivity contribution in [3.8, 4) is 5.75 Å². The minimum absolute atomic E-state index is 0.245. The Morgan fingerprint density at radius 3 is 2.76 bits per heavy atom. The number of carbonyl (C=O) groups excluding carboxylic acids is 2. The number of amides is 2. The van der Waals surface area contributed by atoms with E-state index in [0.29, 0.717) is 0 Å². The summed E-state index contributed by atoms with van der Waals surface area (Å²) in [5, 5.41) is 5.76. The van der Waals surface area contributed by atoms with Crippen molar-refractivity contribution in [2.24, 2.45) is 0 Å². The summed E-state index contributed by atoms with van der Waals surface area (Å²) in [6.45, 7) is 3.53. The molecule has 0 aliphatic carbocycles. The van der Waals surface area contributed by atoms with Crippen LogP contribution < -0.4 is 15.4 Å². The van der Waals surface area contributed by atoms with Crippen molar-refractivity contribution in [3.63, 3.8) is 0 Å². The van der Waals surface area contributed by atoms with Crippen LogP contribution in [0.15, 0.2) is 53.4 Å². The van der Waals surface area contributed by atoms with E-state index < -0.39 is 4.75 Å². The zero-order valence-electron chi connectivity index (χ0n) is 14.3. The molecule has 0 spiro atoms. The number of hydrogen-bond acceptors (Lipinski definition) is 4. The normalized spacial score (nSPS) is 20.2. The summed E-state index contributed by atoms with van der Waals surface area (Å²) in [4.78, 5) is 26.3. The molecule has 2 amide bonds. The maximum Gasteiger partial charge on any atom is 0.250 e. The van der Waals surface area contributed by atoms with E-state index in [1.807, 2.05) is 55.5 Å². The third-order valence-electron chi connectivity index (χ3n) is 4.26. The Balaban J connectivity index is 1.79. The standard InChI is InChI=1S/C19H20N2O3S/c1-12(13-7-6-8-14(11-13)24-3)20-17(22)19(2)18(23)21-15-9-4-5-10-16(15)25-19/h4-12H,1-3H3,(H,20,22)(H,21,23). The smallest absolute Gasteiger partial charge is 0.250 e. The lowest BCUT2D eigenvalue weighted by molar-refractivity contribution is -0.130. The van der Waals surface area contributed by atoms with Gasteiger partial charge in [-0.2, -0.15) is 0 Å². The van der Waals surface area contributed by atoms with Gasteiger partial charge in [0, 0.05) is 4.90 Å². The maximum atomic E-state index is 12.9. The van der Waals surface area contributed by atoms with Gasteiger partial charge in [0.25, 0.3) is 0 Å². The molecule has 2 unspecified atom stereocenters. The van der Waals surface area contributed by atoms with Crippen molar-refractivity contribution >= 4 is 29.3 Å². The molecule has 130 valence electrons. The van der Waals surface area contributed by atoms with Gasteiger partial charge in [-0.05, 0) is 43.7 Å². The molecule has 2 aromatic rings. The van der Waals surface area contributed by atoms with Crippen LogP contribution in [0.25, 0.3) is 0 Å². The van der Waals surface area contributed by atoms with E-state index in [0.717, 1.165) is 21.9 Å². The first kappa shape index (κ1) is 17.4. The molecular formula is C19H20N2O3S. The van der Waals surface area contributed by atoms with Crippen LogP contribution in [0.2, 0.25) is 0 Å². The number of hydrogen-bond donors (Lipinski definition) is 2. The molecule has 0 aromatic heterocycles. The van der Waals surface area contributed by atoms with E-state index in [9.17, 15) is 9.59 Å². The Morgan fingerprint density at radius 1 is 1.24 bits per heavy atom. The van der Waals surface area contributed by atoms with Gasteiger partial charge < -0.3 is 15.4 Å². The molecule has 25 heavy (non-hydrogen) atoms. The van der Waals surface area contributed by atoms with Gasteiger partial charge in [-0.1, -0.05) is 36.0 Å². The van der Waals surface area contributed by atoms with Crippen molar-refractivity contribution in [2.45, 2.75) is 29.5 Å². The van der Waals surface area contributed by atoms with Gasteiger partial charge in [-0.25, -0.2) is 0 Å². The highest BCUT2D eigenvalue weighted by atomic mass is 32.2. The molecule has 2 atom stereocenters. The lowest BCUT2D eigenvalue weighted by Gasteiger charge is -2.32. The summed E-state index contributed by atoms with van der Waals surface area (Å²) in [6, 6.07) is 14.7. The predicted molar refractivity (Wildman–Crippen MR) is 98.9 cm³/mol. The second-order valence-electron chi connectivity index (χ2n) is 6.06. The van der Waals surface area contributed by atoms with E-state index in [-0.39, 0.29) is 17.9 Å². The molecule has 0 bridgehead atoms. The minimum Gasteiger partial charge on any atom is -0.497 e. The first-order chi connectivity index (χ1) is 11.9. The zero-order valence-corrected chi connectivity index (χ0v) is 15.1. The van der Waals surface area contributed by atoms with Crippen LogP contribution >= 0.6 is 11.8 Å². The number of thioether (sulfide) groups is 1. The van der Waals surface area contributed by atoms with Crippen LogP contribution in [0.4, 0.5) is 5.69 Å². The maximum absolute atomic E-state index is 12.9. The molecule has 1 heterocycles. The van der Waals surface area contributed by atoms with Crippen molar-refractivity contribution < 1.29 is 14.3 Å². The van der Waals surface area contributed by atoms with Crippen molar-refractivity contribution in [2.75, 3.05) is 12.4 Å². The predicted octanol–water partition coefficient (Wildman–Crippen LogP) is 3.38. The Labute approximate surface area is 151 Å². The van der Waals surface area contributed by atoms with Gasteiger partial charge in [0.05, 0.1) is 18.8 Å². The van der Waals surface area contributed by atoms with Crippen LogP contribution in [0.3, 0.4) is 0 Å². The molecule has 5 nitrogen and oxygen atoms in total.